The molecule has 14 heteroatoms. The molecule has 0 atom stereocenters. The highest BCUT2D eigenvalue weighted by Crippen LogP contribution is 2.55. The molecule has 2 aliphatic heterocycles. The second-order valence-corrected chi connectivity index (χ2v) is 14.3. The maximum Gasteiger partial charge on any atom is 0.338 e. The summed E-state index contributed by atoms with van der Waals surface area (Å²) in [6.45, 7) is 3.32. The number of anilines is 2. The molecule has 4 aliphatic rings. The van der Waals surface area contributed by atoms with E-state index in [2.05, 4.69) is 24.6 Å². The molecule has 1 N–H and O–H groups in total. The molecule has 8 rings (SSSR count). The van der Waals surface area contributed by atoms with Crippen LogP contribution in [0.5, 0.6) is 6.01 Å². The number of nitrogens with zero attached hydrogens (tertiary/aromatic N) is 8. The lowest BCUT2D eigenvalue weighted by Crippen LogP contribution is -2.46. The summed E-state index contributed by atoms with van der Waals surface area (Å²) in [4.78, 5) is 35.7. The quantitative estimate of drug-likeness (QED) is 0.247. The topological polar surface area (TPSA) is 132 Å². The summed E-state index contributed by atoms with van der Waals surface area (Å²) in [7, 11) is 1.78. The number of carboxylic acids is 1. The van der Waals surface area contributed by atoms with Crippen molar-refractivity contribution < 1.29 is 28.2 Å². The maximum atomic E-state index is 14.6. The molecule has 4 aromatic rings. The highest BCUT2D eigenvalue weighted by atomic mass is 19.3. The van der Waals surface area contributed by atoms with Gasteiger partial charge in [-0.1, -0.05) is 0 Å². The standard InChI is InChI=1S/C36H40F2N8O4/c1-21(47)44-11-7-30-29(20-44)33(45-10-3-4-22-12-27(24-18-41-43(2)19-24)28(32(37)38)13-31(22)45)42-46(30)25-5-8-36(9-6-25)14-26(15-36)50-35-39-16-23(17-40-35)34(48)49/h12-13,16-19,25-26,32H,3-11,14-15,20H2,1-2H3,(H,48,49). The fourth-order valence-corrected chi connectivity index (χ4v) is 8.57. The van der Waals surface area contributed by atoms with E-state index >= 15 is 0 Å². The number of halogens is 2. The maximum absolute atomic E-state index is 14.6. The van der Waals surface area contributed by atoms with Gasteiger partial charge in [0.1, 0.15) is 6.10 Å². The molecule has 3 aromatic heterocycles. The van der Waals surface area contributed by atoms with E-state index in [0.29, 0.717) is 37.2 Å². The molecule has 0 radical (unpaired) electrons. The van der Waals surface area contributed by atoms with Gasteiger partial charge in [0.15, 0.2) is 5.82 Å². The van der Waals surface area contributed by atoms with E-state index in [-0.39, 0.29) is 40.6 Å². The van der Waals surface area contributed by atoms with E-state index in [0.717, 1.165) is 79.7 Å². The van der Waals surface area contributed by atoms with E-state index < -0.39 is 12.4 Å². The zero-order chi connectivity index (χ0) is 34.7. The van der Waals surface area contributed by atoms with Crippen molar-refractivity contribution in [1.82, 2.24) is 34.4 Å². The molecule has 5 heterocycles. The van der Waals surface area contributed by atoms with Crippen molar-refractivity contribution in [3.05, 3.63) is 64.9 Å². The van der Waals surface area contributed by atoms with Crippen LogP contribution in [0.2, 0.25) is 0 Å². The summed E-state index contributed by atoms with van der Waals surface area (Å²) in [5.41, 5.74) is 5.29. The van der Waals surface area contributed by atoms with Gasteiger partial charge in [0.05, 0.1) is 24.3 Å². The molecule has 12 nitrogen and oxygen atoms in total. The second-order valence-electron chi connectivity index (χ2n) is 14.3. The highest BCUT2D eigenvalue weighted by Gasteiger charge is 2.48. The number of alkyl halides is 2. The van der Waals surface area contributed by atoms with Gasteiger partial charge < -0.3 is 19.6 Å². The van der Waals surface area contributed by atoms with Crippen molar-refractivity contribution in [3.8, 4) is 17.1 Å². The van der Waals surface area contributed by atoms with Gasteiger partial charge in [-0.2, -0.15) is 10.2 Å². The van der Waals surface area contributed by atoms with Crippen LogP contribution in [0.25, 0.3) is 11.1 Å². The molecule has 262 valence electrons. The van der Waals surface area contributed by atoms with Crippen LogP contribution in [0, 0.1) is 5.41 Å². The zero-order valence-corrected chi connectivity index (χ0v) is 28.2. The van der Waals surface area contributed by atoms with Crippen molar-refractivity contribution in [1.29, 1.82) is 0 Å². The normalized spacial score (nSPS) is 23.1. The molecular weight excluding hydrogens is 646 g/mol. The van der Waals surface area contributed by atoms with Crippen LogP contribution < -0.4 is 9.64 Å². The Morgan fingerprint density at radius 1 is 1.06 bits per heavy atom. The number of hydrogen-bond acceptors (Lipinski definition) is 8. The van der Waals surface area contributed by atoms with Crippen molar-refractivity contribution in [3.63, 3.8) is 0 Å². The summed E-state index contributed by atoms with van der Waals surface area (Å²) in [6, 6.07) is 3.95. The van der Waals surface area contributed by atoms with E-state index in [1.807, 2.05) is 11.0 Å². The van der Waals surface area contributed by atoms with Gasteiger partial charge in [-0.15, -0.1) is 0 Å². The number of fused-ring (bicyclic) bond motifs is 2. The van der Waals surface area contributed by atoms with Gasteiger partial charge in [-0.25, -0.2) is 23.5 Å². The first-order valence-electron chi connectivity index (χ1n) is 17.4. The number of benzene rings is 1. The number of ether oxygens (including phenoxy) is 1. The third-order valence-corrected chi connectivity index (χ3v) is 11.2. The van der Waals surface area contributed by atoms with Crippen LogP contribution in [0.4, 0.5) is 20.3 Å². The predicted molar refractivity (Wildman–Crippen MR) is 179 cm³/mol. The van der Waals surface area contributed by atoms with Crippen molar-refractivity contribution >= 4 is 23.4 Å². The molecule has 0 bridgehead atoms. The molecule has 1 amide bonds. The average Bonchev–Trinajstić information content (AvgIpc) is 3.70. The Labute approximate surface area is 288 Å². The number of carbonyl (C=O) groups is 2. The molecule has 2 aliphatic carbocycles. The lowest BCUT2D eigenvalue weighted by molar-refractivity contribution is -0.129. The van der Waals surface area contributed by atoms with Crippen LogP contribution >= 0.6 is 0 Å². The number of amides is 1. The Balaban J connectivity index is 1.05. The molecule has 0 unspecified atom stereocenters. The summed E-state index contributed by atoms with van der Waals surface area (Å²) in [5.74, 6) is -0.290. The second kappa shape index (κ2) is 12.5. The SMILES string of the molecule is CC(=O)N1CCc2c(c(N3CCCc4cc(-c5cnn(C)c5)c(C(F)F)cc43)nn2C2CCC3(CC2)CC(Oc2ncc(C(=O)O)cn2)C3)C1. The molecule has 50 heavy (non-hydrogen) atoms. The van der Waals surface area contributed by atoms with Gasteiger partial charge >= 0.3 is 12.0 Å². The fourth-order valence-electron chi connectivity index (χ4n) is 8.57. The van der Waals surface area contributed by atoms with Gasteiger partial charge in [0.25, 0.3) is 6.43 Å². The third kappa shape index (κ3) is 5.77. The molecule has 2 saturated carbocycles. The average molecular weight is 687 g/mol. The van der Waals surface area contributed by atoms with E-state index in [1.165, 1.54) is 12.4 Å². The van der Waals surface area contributed by atoms with Crippen LogP contribution in [0.1, 0.15) is 97.1 Å². The highest BCUT2D eigenvalue weighted by molar-refractivity contribution is 5.86. The smallest absolute Gasteiger partial charge is 0.338 e. The van der Waals surface area contributed by atoms with Crippen LogP contribution in [0.3, 0.4) is 0 Å². The number of rotatable bonds is 7. The number of carboxylic acid groups (broad SMARTS) is 1. The van der Waals surface area contributed by atoms with Crippen molar-refractivity contribution in [2.24, 2.45) is 12.5 Å². The van der Waals surface area contributed by atoms with Gasteiger partial charge in [-0.05, 0) is 80.0 Å². The number of aryl methyl sites for hydroxylation is 2. The minimum atomic E-state index is -2.66. The first-order chi connectivity index (χ1) is 24.1. The van der Waals surface area contributed by atoms with Crippen LogP contribution in [-0.2, 0) is 31.2 Å². The van der Waals surface area contributed by atoms with E-state index in [9.17, 15) is 18.4 Å². The fraction of sp³-hybridized carbons (Fsp3) is 0.500. The van der Waals surface area contributed by atoms with Crippen molar-refractivity contribution in [2.75, 3.05) is 18.0 Å². The summed E-state index contributed by atoms with van der Waals surface area (Å²) < 4.78 is 39.0. The van der Waals surface area contributed by atoms with Gasteiger partial charge in [0.2, 0.25) is 5.91 Å². The van der Waals surface area contributed by atoms with Crippen molar-refractivity contribution in [2.45, 2.75) is 89.8 Å². The van der Waals surface area contributed by atoms with Crippen LogP contribution in [0.15, 0.2) is 36.9 Å². The van der Waals surface area contributed by atoms with Crippen LogP contribution in [-0.4, -0.2) is 70.6 Å². The minimum Gasteiger partial charge on any atom is -0.478 e. The summed E-state index contributed by atoms with van der Waals surface area (Å²) in [6.07, 6.45) is 11.4. The number of hydrogen-bond donors (Lipinski definition) is 1. The molecule has 0 saturated heterocycles. The molecule has 1 spiro atoms. The number of carbonyl (C=O) groups excluding carboxylic acids is 1. The first-order valence-corrected chi connectivity index (χ1v) is 17.4. The Hall–Kier alpha value is -4.88. The largest absolute Gasteiger partial charge is 0.478 e. The van der Waals surface area contributed by atoms with E-state index in [4.69, 9.17) is 14.9 Å². The Kier molecular flexibility index (Phi) is 8.06. The Bertz CT molecular complexity index is 1940. The predicted octanol–water partition coefficient (Wildman–Crippen LogP) is 6.04. The zero-order valence-electron chi connectivity index (χ0n) is 28.2. The van der Waals surface area contributed by atoms with E-state index in [1.54, 1.807) is 37.1 Å². The first kappa shape index (κ1) is 32.3. The lowest BCUT2D eigenvalue weighted by Gasteiger charge is -2.50. The van der Waals surface area contributed by atoms with Gasteiger partial charge in [0, 0.05) is 80.1 Å². The Morgan fingerprint density at radius 2 is 1.82 bits per heavy atom. The third-order valence-electron chi connectivity index (χ3n) is 11.2. The summed E-state index contributed by atoms with van der Waals surface area (Å²) >= 11 is 0. The van der Waals surface area contributed by atoms with Gasteiger partial charge in [-0.3, -0.25) is 14.2 Å². The molecule has 1 aromatic carbocycles. The molecular formula is C36H40F2N8O4. The minimum absolute atomic E-state index is 0.000160. The Morgan fingerprint density at radius 3 is 2.48 bits per heavy atom. The summed E-state index contributed by atoms with van der Waals surface area (Å²) in [5, 5.41) is 18.6. The monoisotopic (exact) mass is 686 g/mol. The molecule has 2 fully saturated rings. The number of aromatic carboxylic acids is 1. The lowest BCUT2D eigenvalue weighted by atomic mass is 9.58. The number of aromatic nitrogens is 6.